The Morgan fingerprint density at radius 3 is 2.61 bits per heavy atom. The van der Waals surface area contributed by atoms with Crippen LogP contribution in [0.4, 0.5) is 22.4 Å². The number of benzene rings is 1. The van der Waals surface area contributed by atoms with Gasteiger partial charge in [-0.3, -0.25) is 10.3 Å². The van der Waals surface area contributed by atoms with E-state index in [1.54, 1.807) is 0 Å². The lowest BCUT2D eigenvalue weighted by atomic mass is 9.81. The summed E-state index contributed by atoms with van der Waals surface area (Å²) >= 11 is 5.99. The third kappa shape index (κ3) is 6.36. The van der Waals surface area contributed by atoms with Crippen LogP contribution in [0.3, 0.4) is 0 Å². The first-order valence-electron chi connectivity index (χ1n) is 9.12. The molecule has 1 saturated carbocycles. The molecule has 0 bridgehead atoms. The highest BCUT2D eigenvalue weighted by Crippen LogP contribution is 2.35. The molecule has 1 aliphatic carbocycles. The van der Waals surface area contributed by atoms with Crippen LogP contribution in [0.5, 0.6) is 0 Å². The minimum absolute atomic E-state index is 0.0563. The van der Waals surface area contributed by atoms with Crippen molar-refractivity contribution in [2.24, 2.45) is 5.92 Å². The van der Waals surface area contributed by atoms with Crippen molar-refractivity contribution in [3.05, 3.63) is 34.6 Å². The Kier molecular flexibility index (Phi) is 7.69. The second-order valence-electron chi connectivity index (χ2n) is 7.37. The van der Waals surface area contributed by atoms with E-state index in [0.29, 0.717) is 25.7 Å². The zero-order valence-electron chi connectivity index (χ0n) is 15.6. The number of hydrogen-bond donors (Lipinski definition) is 2. The Balaban J connectivity index is 2.12. The van der Waals surface area contributed by atoms with E-state index in [2.05, 4.69) is 5.32 Å². The van der Waals surface area contributed by atoms with Gasteiger partial charge < -0.3 is 5.32 Å². The van der Waals surface area contributed by atoms with E-state index < -0.39 is 30.5 Å². The molecule has 1 aromatic rings. The molecule has 1 fully saturated rings. The minimum Gasteiger partial charge on any atom is -0.332 e. The number of carbonyl (C=O) groups is 1. The van der Waals surface area contributed by atoms with Crippen molar-refractivity contribution in [1.29, 1.82) is 5.41 Å². The molecule has 9 heteroatoms. The maximum absolute atomic E-state index is 14.0. The molecule has 1 aliphatic rings. The molecule has 156 valence electrons. The average Bonchev–Trinajstić information content (AvgIpc) is 2.61. The molecule has 0 spiro atoms. The van der Waals surface area contributed by atoms with Crippen LogP contribution in [0.15, 0.2) is 18.2 Å². The predicted molar refractivity (Wildman–Crippen MR) is 100 cm³/mol. The monoisotopic (exact) mass is 421 g/mol. The summed E-state index contributed by atoms with van der Waals surface area (Å²) in [4.78, 5) is 13.4. The second kappa shape index (κ2) is 9.58. The minimum atomic E-state index is -2.73. The van der Waals surface area contributed by atoms with Gasteiger partial charge in [-0.1, -0.05) is 17.7 Å². The number of alkyl halides is 3. The lowest BCUT2D eigenvalue weighted by molar-refractivity contribution is 0.0966. The molecule has 0 radical (unpaired) electrons. The van der Waals surface area contributed by atoms with Gasteiger partial charge in [0.25, 0.3) is 6.43 Å². The van der Waals surface area contributed by atoms with E-state index in [4.69, 9.17) is 17.0 Å². The van der Waals surface area contributed by atoms with E-state index in [-0.39, 0.29) is 35.3 Å². The summed E-state index contributed by atoms with van der Waals surface area (Å²) in [6.45, 7) is 0.755. The van der Waals surface area contributed by atoms with Crippen molar-refractivity contribution in [2.45, 2.75) is 51.1 Å². The number of hydrogen-bond acceptors (Lipinski definition) is 2. The lowest BCUT2D eigenvalue weighted by Gasteiger charge is -2.34. The molecule has 0 aromatic heterocycles. The highest BCUT2D eigenvalue weighted by atomic mass is 35.5. The van der Waals surface area contributed by atoms with Crippen molar-refractivity contribution in [1.82, 2.24) is 10.2 Å². The van der Waals surface area contributed by atoms with Gasteiger partial charge in [-0.05, 0) is 50.7 Å². The van der Waals surface area contributed by atoms with Crippen molar-refractivity contribution in [3.63, 3.8) is 0 Å². The molecule has 0 aliphatic heterocycles. The third-order valence-electron chi connectivity index (χ3n) is 4.97. The van der Waals surface area contributed by atoms with Crippen LogP contribution in [0.1, 0.15) is 38.2 Å². The zero-order valence-corrected chi connectivity index (χ0v) is 16.3. The molecule has 1 aromatic carbocycles. The lowest BCUT2D eigenvalue weighted by Crippen LogP contribution is -2.48. The van der Waals surface area contributed by atoms with Crippen molar-refractivity contribution < 1.29 is 22.4 Å². The van der Waals surface area contributed by atoms with Crippen molar-refractivity contribution in [3.8, 4) is 0 Å². The van der Waals surface area contributed by atoms with E-state index in [1.807, 2.05) is 0 Å². The van der Waals surface area contributed by atoms with Gasteiger partial charge in [0.05, 0.1) is 6.54 Å². The first-order valence-corrected chi connectivity index (χ1v) is 9.49. The van der Waals surface area contributed by atoms with Gasteiger partial charge in [0.15, 0.2) is 0 Å². The number of amidine groups is 1. The fraction of sp³-hybridized carbons (Fsp3) is 0.579. The maximum Gasteiger partial charge on any atom is 0.323 e. The molecule has 4 nitrogen and oxygen atoms in total. The van der Waals surface area contributed by atoms with Crippen LogP contribution >= 0.6 is 11.6 Å². The number of halogens is 5. The number of nitrogens with one attached hydrogen (secondary N) is 2. The van der Waals surface area contributed by atoms with Crippen LogP contribution in [0.2, 0.25) is 5.02 Å². The van der Waals surface area contributed by atoms with E-state index in [0.717, 1.165) is 4.90 Å². The highest BCUT2D eigenvalue weighted by Gasteiger charge is 2.33. The molecule has 0 atom stereocenters. The van der Waals surface area contributed by atoms with Gasteiger partial charge in [0, 0.05) is 23.6 Å². The standard InChI is InChI=1S/C19H24ClF4N3O/c1-19(24)7-5-12(6-8-19)11-27(18(28)26-10-16(22)23)17(25)9-13-14(20)3-2-4-15(13)21/h2-4,12,16,25H,5-11H2,1H3,(H,26,28). The number of urea groups is 1. The van der Waals surface area contributed by atoms with Gasteiger partial charge >= 0.3 is 6.03 Å². The zero-order chi connectivity index (χ0) is 20.9. The van der Waals surface area contributed by atoms with Gasteiger partial charge in [-0.2, -0.15) is 0 Å². The number of carbonyl (C=O) groups excluding carboxylic acids is 1. The predicted octanol–water partition coefficient (Wildman–Crippen LogP) is 5.19. The van der Waals surface area contributed by atoms with Crippen LogP contribution in [0.25, 0.3) is 0 Å². The van der Waals surface area contributed by atoms with E-state index in [1.165, 1.54) is 25.1 Å². The Morgan fingerprint density at radius 1 is 1.39 bits per heavy atom. The summed E-state index contributed by atoms with van der Waals surface area (Å²) in [7, 11) is 0. The third-order valence-corrected chi connectivity index (χ3v) is 5.33. The Bertz CT molecular complexity index is 684. The molecule has 2 rings (SSSR count). The normalized spacial score (nSPS) is 22.2. The fourth-order valence-electron chi connectivity index (χ4n) is 3.26. The summed E-state index contributed by atoms with van der Waals surface area (Å²) in [5.41, 5.74) is -1.20. The molecule has 0 unspecified atom stereocenters. The number of amides is 2. The molecule has 2 amide bonds. The smallest absolute Gasteiger partial charge is 0.323 e. The van der Waals surface area contributed by atoms with Gasteiger partial charge in [0.2, 0.25) is 0 Å². The molecular weight excluding hydrogens is 398 g/mol. The number of nitrogens with zero attached hydrogens (tertiary/aromatic N) is 1. The molecule has 2 N–H and O–H groups in total. The highest BCUT2D eigenvalue weighted by molar-refractivity contribution is 6.31. The Hall–Kier alpha value is -1.83. The van der Waals surface area contributed by atoms with Crippen LogP contribution in [0, 0.1) is 17.1 Å². The average molecular weight is 422 g/mol. The summed E-state index contributed by atoms with van der Waals surface area (Å²) in [6.07, 6.45) is -1.31. The first-order chi connectivity index (χ1) is 13.1. The Labute approximate surface area is 166 Å². The second-order valence-corrected chi connectivity index (χ2v) is 7.78. The summed E-state index contributed by atoms with van der Waals surface area (Å²) in [6, 6.07) is 3.23. The van der Waals surface area contributed by atoms with Gasteiger partial charge in [-0.15, -0.1) is 0 Å². The molecule has 0 saturated heterocycles. The fourth-order valence-corrected chi connectivity index (χ4v) is 3.49. The van der Waals surface area contributed by atoms with Gasteiger partial charge in [0.1, 0.15) is 17.3 Å². The van der Waals surface area contributed by atoms with Crippen LogP contribution < -0.4 is 5.32 Å². The van der Waals surface area contributed by atoms with Crippen molar-refractivity contribution in [2.75, 3.05) is 13.1 Å². The molecule has 0 heterocycles. The van der Waals surface area contributed by atoms with Crippen LogP contribution in [-0.2, 0) is 6.42 Å². The first kappa shape index (κ1) is 22.5. The number of rotatable bonds is 6. The maximum atomic E-state index is 14.0. The topological polar surface area (TPSA) is 56.2 Å². The van der Waals surface area contributed by atoms with Gasteiger partial charge in [-0.25, -0.2) is 22.4 Å². The summed E-state index contributed by atoms with van der Waals surface area (Å²) in [5, 5.41) is 10.5. The quantitative estimate of drug-likeness (QED) is 0.370. The Morgan fingerprint density at radius 2 is 2.04 bits per heavy atom. The SMILES string of the molecule is CC1(F)CCC(CN(C(=N)Cc2c(F)cccc2Cl)C(=O)NCC(F)F)CC1. The summed E-state index contributed by atoms with van der Waals surface area (Å²) in [5.74, 6) is -0.944. The molecule has 28 heavy (non-hydrogen) atoms. The summed E-state index contributed by atoms with van der Waals surface area (Å²) < 4.78 is 53.0. The van der Waals surface area contributed by atoms with E-state index in [9.17, 15) is 22.4 Å². The van der Waals surface area contributed by atoms with E-state index >= 15 is 0 Å². The largest absolute Gasteiger partial charge is 0.332 e. The molecular formula is C19H24ClF4N3O. The van der Waals surface area contributed by atoms with Crippen LogP contribution in [-0.4, -0.2) is 42.0 Å². The van der Waals surface area contributed by atoms with Crippen molar-refractivity contribution >= 4 is 23.5 Å².